The maximum atomic E-state index is 13.3. The summed E-state index contributed by atoms with van der Waals surface area (Å²) in [5, 5.41) is 7.77. The van der Waals surface area contributed by atoms with Crippen LogP contribution < -0.4 is 15.6 Å². The second kappa shape index (κ2) is 11.6. The highest BCUT2D eigenvalue weighted by Gasteiger charge is 2.15. The topological polar surface area (TPSA) is 85.6 Å². The molecule has 0 spiro atoms. The Hall–Kier alpha value is -3.30. The zero-order valence-electron chi connectivity index (χ0n) is 19.7. The van der Waals surface area contributed by atoms with Crippen molar-refractivity contribution in [3.63, 3.8) is 0 Å². The quantitative estimate of drug-likeness (QED) is 0.236. The van der Waals surface area contributed by atoms with Crippen LogP contribution in [0.3, 0.4) is 0 Å². The Balaban J connectivity index is 1.54. The summed E-state index contributed by atoms with van der Waals surface area (Å²) in [5.74, 6) is 0.917. The molecule has 0 aliphatic carbocycles. The van der Waals surface area contributed by atoms with Gasteiger partial charge in [0.1, 0.15) is 11.6 Å². The molecule has 3 aromatic carbocycles. The number of para-hydroxylation sites is 1. The van der Waals surface area contributed by atoms with Gasteiger partial charge in [-0.2, -0.15) is 9.78 Å². The molecule has 0 saturated heterocycles. The van der Waals surface area contributed by atoms with Crippen LogP contribution in [0.2, 0.25) is 0 Å². The van der Waals surface area contributed by atoms with Crippen LogP contribution in [0.25, 0.3) is 10.9 Å². The van der Waals surface area contributed by atoms with Gasteiger partial charge in [-0.1, -0.05) is 48.0 Å². The van der Waals surface area contributed by atoms with Gasteiger partial charge < -0.3 is 10.1 Å². The number of anilines is 1. The Kier molecular flexibility index (Phi) is 8.32. The Morgan fingerprint density at radius 3 is 2.64 bits per heavy atom. The van der Waals surface area contributed by atoms with E-state index in [0.29, 0.717) is 32.6 Å². The maximum absolute atomic E-state index is 13.3. The van der Waals surface area contributed by atoms with Gasteiger partial charge >= 0.3 is 0 Å². The van der Waals surface area contributed by atoms with Crippen molar-refractivity contribution in [3.8, 4) is 5.75 Å². The number of halogens is 2. The van der Waals surface area contributed by atoms with Crippen molar-refractivity contribution in [2.75, 3.05) is 11.9 Å². The standard InChI is InChI=1S/C27H24Br2N4O3/c1-3-17(2)26-32-23-11-10-19(28)14-21(23)27(35)33(26)30-15-18-9-12-24(22(29)13-18)36-16-25(34)31-20-7-5-4-6-8-20/h4-15,17H,3,16H2,1-2H3,(H,31,34)/t17-/m0/s1. The minimum atomic E-state index is -0.258. The zero-order chi connectivity index (χ0) is 25.7. The average molecular weight is 612 g/mol. The Morgan fingerprint density at radius 2 is 1.92 bits per heavy atom. The van der Waals surface area contributed by atoms with Crippen LogP contribution in [0.1, 0.15) is 37.6 Å². The van der Waals surface area contributed by atoms with Crippen molar-refractivity contribution in [1.82, 2.24) is 9.66 Å². The molecule has 9 heteroatoms. The number of nitrogens with one attached hydrogen (secondary N) is 1. The molecule has 0 fully saturated rings. The third-order valence-electron chi connectivity index (χ3n) is 5.58. The summed E-state index contributed by atoms with van der Waals surface area (Å²) in [5.41, 5.74) is 1.88. The molecule has 0 unspecified atom stereocenters. The van der Waals surface area contributed by atoms with Crippen LogP contribution in [-0.4, -0.2) is 28.4 Å². The van der Waals surface area contributed by atoms with Gasteiger partial charge in [-0.25, -0.2) is 4.98 Å². The Bertz CT molecular complexity index is 1490. The van der Waals surface area contributed by atoms with E-state index in [0.717, 1.165) is 16.5 Å². The summed E-state index contributed by atoms with van der Waals surface area (Å²) in [6.07, 6.45) is 2.43. The second-order valence-electron chi connectivity index (χ2n) is 8.20. The fourth-order valence-corrected chi connectivity index (χ4v) is 4.35. The molecule has 0 aliphatic heterocycles. The predicted octanol–water partition coefficient (Wildman–Crippen LogP) is 6.33. The fourth-order valence-electron chi connectivity index (χ4n) is 3.48. The van der Waals surface area contributed by atoms with E-state index in [2.05, 4.69) is 42.3 Å². The van der Waals surface area contributed by atoms with Gasteiger partial charge in [0.15, 0.2) is 6.61 Å². The van der Waals surface area contributed by atoms with Crippen molar-refractivity contribution in [3.05, 3.63) is 97.4 Å². The first-order valence-corrected chi connectivity index (χ1v) is 13.0. The molecule has 0 aliphatic rings. The summed E-state index contributed by atoms with van der Waals surface area (Å²) in [6.45, 7) is 3.94. The van der Waals surface area contributed by atoms with Gasteiger partial charge in [-0.15, -0.1) is 0 Å². The van der Waals surface area contributed by atoms with Crippen molar-refractivity contribution < 1.29 is 9.53 Å². The number of fused-ring (bicyclic) bond motifs is 1. The summed E-state index contributed by atoms with van der Waals surface area (Å²) in [7, 11) is 0. The van der Waals surface area contributed by atoms with Gasteiger partial charge in [0.25, 0.3) is 11.5 Å². The first kappa shape index (κ1) is 25.8. The van der Waals surface area contributed by atoms with E-state index >= 15 is 0 Å². The largest absolute Gasteiger partial charge is 0.483 e. The van der Waals surface area contributed by atoms with Crippen LogP contribution in [0, 0.1) is 0 Å². The van der Waals surface area contributed by atoms with Crippen LogP contribution in [0.4, 0.5) is 5.69 Å². The van der Waals surface area contributed by atoms with Gasteiger partial charge in [-0.05, 0) is 76.4 Å². The molecule has 36 heavy (non-hydrogen) atoms. The normalized spacial score (nSPS) is 12.1. The van der Waals surface area contributed by atoms with Crippen molar-refractivity contribution in [2.24, 2.45) is 5.10 Å². The number of hydrogen-bond acceptors (Lipinski definition) is 5. The summed E-state index contributed by atoms with van der Waals surface area (Å²) in [6, 6.07) is 20.0. The number of ether oxygens (including phenoxy) is 1. The highest BCUT2D eigenvalue weighted by atomic mass is 79.9. The molecule has 1 heterocycles. The summed E-state index contributed by atoms with van der Waals surface area (Å²) >= 11 is 6.91. The molecule has 0 radical (unpaired) electrons. The lowest BCUT2D eigenvalue weighted by atomic mass is 10.1. The third kappa shape index (κ3) is 6.09. The Labute approximate surface area is 225 Å². The number of nitrogens with zero attached hydrogens (tertiary/aromatic N) is 3. The number of hydrogen-bond donors (Lipinski definition) is 1. The summed E-state index contributed by atoms with van der Waals surface area (Å²) < 4.78 is 8.49. The van der Waals surface area contributed by atoms with Crippen LogP contribution in [0.5, 0.6) is 5.75 Å². The monoisotopic (exact) mass is 610 g/mol. The third-order valence-corrected chi connectivity index (χ3v) is 6.69. The number of amides is 1. The molecule has 4 aromatic rings. The SMILES string of the molecule is CC[C@H](C)c1nc2ccc(Br)cc2c(=O)n1N=Cc1ccc(OCC(=O)Nc2ccccc2)c(Br)c1. The maximum Gasteiger partial charge on any atom is 0.282 e. The van der Waals surface area contributed by atoms with E-state index in [1.165, 1.54) is 4.68 Å². The van der Waals surface area contributed by atoms with Gasteiger partial charge in [0, 0.05) is 16.1 Å². The van der Waals surface area contributed by atoms with Crippen molar-refractivity contribution in [2.45, 2.75) is 26.2 Å². The molecule has 1 atom stereocenters. The highest BCUT2D eigenvalue weighted by Crippen LogP contribution is 2.26. The van der Waals surface area contributed by atoms with Crippen LogP contribution in [-0.2, 0) is 4.79 Å². The average Bonchev–Trinajstić information content (AvgIpc) is 2.88. The smallest absolute Gasteiger partial charge is 0.282 e. The van der Waals surface area contributed by atoms with Crippen LogP contribution >= 0.6 is 31.9 Å². The number of benzene rings is 3. The molecule has 0 bridgehead atoms. The number of rotatable bonds is 8. The molecule has 1 N–H and O–H groups in total. The number of carbonyl (C=O) groups excluding carboxylic acids is 1. The van der Waals surface area contributed by atoms with E-state index < -0.39 is 0 Å². The molecule has 184 valence electrons. The molecule has 0 saturated carbocycles. The van der Waals surface area contributed by atoms with E-state index in [-0.39, 0.29) is 24.0 Å². The second-order valence-corrected chi connectivity index (χ2v) is 9.97. The Morgan fingerprint density at radius 1 is 1.14 bits per heavy atom. The van der Waals surface area contributed by atoms with Gasteiger partial charge in [-0.3, -0.25) is 9.59 Å². The minimum absolute atomic E-state index is 0.0486. The highest BCUT2D eigenvalue weighted by molar-refractivity contribution is 9.10. The van der Waals surface area contributed by atoms with E-state index in [1.54, 1.807) is 24.4 Å². The molecule has 7 nitrogen and oxygen atoms in total. The van der Waals surface area contributed by atoms with Crippen molar-refractivity contribution in [1.29, 1.82) is 0 Å². The fraction of sp³-hybridized carbons (Fsp3) is 0.185. The number of aromatic nitrogens is 2. The predicted molar refractivity (Wildman–Crippen MR) is 150 cm³/mol. The molecular weight excluding hydrogens is 588 g/mol. The lowest BCUT2D eigenvalue weighted by Crippen LogP contribution is -2.23. The van der Waals surface area contributed by atoms with E-state index in [9.17, 15) is 9.59 Å². The van der Waals surface area contributed by atoms with Crippen molar-refractivity contribution >= 4 is 60.6 Å². The van der Waals surface area contributed by atoms with E-state index in [4.69, 9.17) is 9.72 Å². The lowest BCUT2D eigenvalue weighted by molar-refractivity contribution is -0.118. The minimum Gasteiger partial charge on any atom is -0.483 e. The summed E-state index contributed by atoms with van der Waals surface area (Å²) in [4.78, 5) is 30.2. The molecule has 1 aromatic heterocycles. The number of carbonyl (C=O) groups is 1. The zero-order valence-corrected chi connectivity index (χ0v) is 22.9. The molecular formula is C27H24Br2N4O3. The first-order valence-electron chi connectivity index (χ1n) is 11.4. The van der Waals surface area contributed by atoms with E-state index in [1.807, 2.05) is 62.4 Å². The van der Waals surface area contributed by atoms with Gasteiger partial charge in [0.2, 0.25) is 0 Å². The molecule has 4 rings (SSSR count). The van der Waals surface area contributed by atoms with Crippen LogP contribution in [0.15, 0.2) is 85.6 Å². The molecule has 1 amide bonds. The first-order chi connectivity index (χ1) is 17.4. The van der Waals surface area contributed by atoms with Gasteiger partial charge in [0.05, 0.1) is 21.6 Å². The lowest BCUT2D eigenvalue weighted by Gasteiger charge is -2.14.